The maximum absolute atomic E-state index is 12.4. The number of methoxy groups -OCH3 is 1. The van der Waals surface area contributed by atoms with Crippen LogP contribution in [0.2, 0.25) is 5.02 Å². The number of carbonyl (C=O) groups is 1. The Morgan fingerprint density at radius 1 is 1.11 bits per heavy atom. The van der Waals surface area contributed by atoms with Gasteiger partial charge in [0.1, 0.15) is 18.1 Å². The van der Waals surface area contributed by atoms with Crippen molar-refractivity contribution in [3.05, 3.63) is 94.5 Å². The lowest BCUT2D eigenvalue weighted by Crippen LogP contribution is -2.14. The molecule has 0 saturated carbocycles. The van der Waals surface area contributed by atoms with Gasteiger partial charge in [0, 0.05) is 16.1 Å². The minimum Gasteiger partial charge on any atom is -0.497 e. The summed E-state index contributed by atoms with van der Waals surface area (Å²) in [4.78, 5) is 12.4. The number of nitrogens with one attached hydrogen (secondary N) is 1. The summed E-state index contributed by atoms with van der Waals surface area (Å²) in [6.07, 6.45) is 1.60. The van der Waals surface area contributed by atoms with E-state index in [1.54, 1.807) is 37.6 Å². The number of aromatic nitrogens is 3. The van der Waals surface area contributed by atoms with Gasteiger partial charge < -0.3 is 15.3 Å². The van der Waals surface area contributed by atoms with E-state index in [1.807, 2.05) is 48.5 Å². The molecule has 36 heavy (non-hydrogen) atoms. The topological polar surface area (TPSA) is 117 Å². The van der Waals surface area contributed by atoms with Crippen LogP contribution in [-0.4, -0.2) is 39.7 Å². The Labute approximate surface area is 217 Å². The van der Waals surface area contributed by atoms with Crippen LogP contribution in [0.3, 0.4) is 0 Å². The van der Waals surface area contributed by atoms with Gasteiger partial charge in [-0.05, 0) is 54.1 Å². The molecule has 4 rings (SSSR count). The Morgan fingerprint density at radius 3 is 2.61 bits per heavy atom. The maximum atomic E-state index is 12.4. The lowest BCUT2D eigenvalue weighted by Gasteiger charge is -2.09. The molecule has 0 amide bonds. The van der Waals surface area contributed by atoms with Gasteiger partial charge in [0.15, 0.2) is 5.78 Å². The fourth-order valence-electron chi connectivity index (χ4n) is 3.06. The molecule has 0 bridgehead atoms. The molecule has 1 heterocycles. The third-order valence-electron chi connectivity index (χ3n) is 5.00. The Bertz CT molecular complexity index is 1340. The van der Waals surface area contributed by atoms with Gasteiger partial charge in [-0.2, -0.15) is 5.10 Å². The number of ketones is 1. The molecule has 0 radical (unpaired) electrons. The first-order chi connectivity index (χ1) is 17.5. The van der Waals surface area contributed by atoms with Gasteiger partial charge >= 0.3 is 0 Å². The zero-order chi connectivity index (χ0) is 25.3. The average molecular weight is 523 g/mol. The summed E-state index contributed by atoms with van der Waals surface area (Å²) < 4.78 is 12.3. The SMILES string of the molecule is COc1ccc(C(=O)CSc2nnc(N/N=C/c3ccccc3OCc3ccc(Cl)cc3)n2N)cc1. The van der Waals surface area contributed by atoms with Crippen molar-refractivity contribution in [1.82, 2.24) is 14.9 Å². The minimum absolute atomic E-state index is 0.0617. The molecular formula is C25H23ClN6O3S. The van der Waals surface area contributed by atoms with Gasteiger partial charge in [0.25, 0.3) is 5.95 Å². The van der Waals surface area contributed by atoms with Crippen LogP contribution in [0.5, 0.6) is 11.5 Å². The number of nitrogens with two attached hydrogens (primary N) is 1. The molecule has 0 aliphatic rings. The highest BCUT2D eigenvalue weighted by atomic mass is 35.5. The van der Waals surface area contributed by atoms with E-state index < -0.39 is 0 Å². The van der Waals surface area contributed by atoms with Gasteiger partial charge in [-0.1, -0.05) is 47.6 Å². The fraction of sp³-hybridized carbons (Fsp3) is 0.120. The summed E-state index contributed by atoms with van der Waals surface area (Å²) >= 11 is 7.12. The van der Waals surface area contributed by atoms with E-state index in [0.717, 1.165) is 11.1 Å². The highest BCUT2D eigenvalue weighted by Gasteiger charge is 2.13. The molecule has 4 aromatic rings. The molecule has 0 fully saturated rings. The number of benzene rings is 3. The Balaban J connectivity index is 1.33. The molecule has 184 valence electrons. The highest BCUT2D eigenvalue weighted by Crippen LogP contribution is 2.21. The number of anilines is 1. The number of hydrogen-bond acceptors (Lipinski definition) is 9. The van der Waals surface area contributed by atoms with Crippen molar-refractivity contribution >= 4 is 41.3 Å². The van der Waals surface area contributed by atoms with Gasteiger partial charge in [0.05, 0.1) is 19.1 Å². The number of nitrogen functional groups attached to an aromatic ring is 1. The normalized spacial score (nSPS) is 10.9. The van der Waals surface area contributed by atoms with E-state index in [-0.39, 0.29) is 17.5 Å². The maximum Gasteiger partial charge on any atom is 0.264 e. The molecular weight excluding hydrogens is 500 g/mol. The molecule has 0 spiro atoms. The Kier molecular flexibility index (Phi) is 8.43. The van der Waals surface area contributed by atoms with Crippen LogP contribution >= 0.6 is 23.4 Å². The van der Waals surface area contributed by atoms with Crippen LogP contribution in [-0.2, 0) is 6.61 Å². The number of ether oxygens (including phenoxy) is 2. The van der Waals surface area contributed by atoms with E-state index in [0.29, 0.717) is 33.8 Å². The molecule has 0 atom stereocenters. The molecule has 11 heteroatoms. The number of carbonyl (C=O) groups excluding carboxylic acids is 1. The number of halogens is 1. The van der Waals surface area contributed by atoms with Crippen LogP contribution in [0.4, 0.5) is 5.95 Å². The van der Waals surface area contributed by atoms with E-state index in [9.17, 15) is 4.79 Å². The summed E-state index contributed by atoms with van der Waals surface area (Å²) in [6, 6.07) is 21.9. The quantitative estimate of drug-likeness (QED) is 0.0960. The standard InChI is InChI=1S/C25H23ClN6O3S/c1-34-21-12-8-18(9-13-21)22(33)16-36-25-31-30-24(32(25)27)29-28-14-19-4-2-3-5-23(19)35-15-17-6-10-20(26)11-7-17/h2-14H,15-16,27H2,1H3,(H,29,30)/b28-14+. The lowest BCUT2D eigenvalue weighted by atomic mass is 10.1. The van der Waals surface area contributed by atoms with E-state index in [2.05, 4.69) is 20.7 Å². The van der Waals surface area contributed by atoms with Gasteiger partial charge in [-0.15, -0.1) is 10.2 Å². The van der Waals surface area contributed by atoms with Crippen molar-refractivity contribution in [2.45, 2.75) is 11.8 Å². The van der Waals surface area contributed by atoms with Gasteiger partial charge in [-0.25, -0.2) is 10.1 Å². The number of para-hydroxylation sites is 1. The van der Waals surface area contributed by atoms with Crippen molar-refractivity contribution in [2.75, 3.05) is 24.1 Å². The minimum atomic E-state index is -0.0617. The number of thioether (sulfide) groups is 1. The molecule has 0 saturated heterocycles. The second kappa shape index (κ2) is 12.1. The second-order valence-electron chi connectivity index (χ2n) is 7.44. The summed E-state index contributed by atoms with van der Waals surface area (Å²) in [6.45, 7) is 0.391. The van der Waals surface area contributed by atoms with E-state index in [1.165, 1.54) is 16.4 Å². The smallest absolute Gasteiger partial charge is 0.264 e. The highest BCUT2D eigenvalue weighted by molar-refractivity contribution is 7.99. The first-order valence-corrected chi connectivity index (χ1v) is 12.2. The molecule has 3 N–H and O–H groups in total. The van der Waals surface area contributed by atoms with Crippen molar-refractivity contribution in [3.8, 4) is 11.5 Å². The molecule has 0 aliphatic heterocycles. The van der Waals surface area contributed by atoms with Gasteiger partial charge in [-0.3, -0.25) is 4.79 Å². The van der Waals surface area contributed by atoms with Crippen molar-refractivity contribution in [2.24, 2.45) is 5.10 Å². The summed E-state index contributed by atoms with van der Waals surface area (Å²) in [5.74, 6) is 7.75. The van der Waals surface area contributed by atoms with Crippen molar-refractivity contribution < 1.29 is 14.3 Å². The number of nitrogens with zero attached hydrogens (tertiary/aromatic N) is 4. The molecule has 9 nitrogen and oxygen atoms in total. The number of rotatable bonds is 11. The molecule has 0 unspecified atom stereocenters. The van der Waals surface area contributed by atoms with Crippen molar-refractivity contribution in [1.29, 1.82) is 0 Å². The molecule has 3 aromatic carbocycles. The third-order valence-corrected chi connectivity index (χ3v) is 6.20. The number of hydrazone groups is 1. The predicted molar refractivity (Wildman–Crippen MR) is 142 cm³/mol. The van der Waals surface area contributed by atoms with E-state index in [4.69, 9.17) is 26.9 Å². The zero-order valence-corrected chi connectivity index (χ0v) is 20.9. The van der Waals surface area contributed by atoms with E-state index >= 15 is 0 Å². The number of Topliss-reactive ketones (excluding diaryl/α,β-unsaturated/α-hetero) is 1. The fourth-order valence-corrected chi connectivity index (χ4v) is 3.94. The predicted octanol–water partition coefficient (Wildman–Crippen LogP) is 4.65. The van der Waals surface area contributed by atoms with Gasteiger partial charge in [0.2, 0.25) is 5.16 Å². The summed E-state index contributed by atoms with van der Waals surface area (Å²) in [5.41, 5.74) is 5.11. The summed E-state index contributed by atoms with van der Waals surface area (Å²) in [7, 11) is 1.58. The third kappa shape index (κ3) is 6.55. The van der Waals surface area contributed by atoms with Crippen LogP contribution in [0.15, 0.2) is 83.1 Å². The summed E-state index contributed by atoms with van der Waals surface area (Å²) in [5, 5.41) is 13.3. The Hall–Kier alpha value is -4.02. The second-order valence-corrected chi connectivity index (χ2v) is 8.82. The number of hydrogen-bond donors (Lipinski definition) is 2. The lowest BCUT2D eigenvalue weighted by molar-refractivity contribution is 0.102. The van der Waals surface area contributed by atoms with Crippen LogP contribution in [0, 0.1) is 0 Å². The first kappa shape index (κ1) is 25.1. The molecule has 1 aromatic heterocycles. The monoisotopic (exact) mass is 522 g/mol. The zero-order valence-electron chi connectivity index (χ0n) is 19.3. The average Bonchev–Trinajstić information content (AvgIpc) is 3.26. The molecule has 0 aliphatic carbocycles. The van der Waals surface area contributed by atoms with Crippen LogP contribution in [0.1, 0.15) is 21.5 Å². The largest absolute Gasteiger partial charge is 0.497 e. The van der Waals surface area contributed by atoms with Crippen molar-refractivity contribution in [3.63, 3.8) is 0 Å². The first-order valence-electron chi connectivity index (χ1n) is 10.8. The Morgan fingerprint density at radius 2 is 1.86 bits per heavy atom. The van der Waals surface area contributed by atoms with Crippen LogP contribution in [0.25, 0.3) is 0 Å². The van der Waals surface area contributed by atoms with Crippen LogP contribution < -0.4 is 20.7 Å².